The van der Waals surface area contributed by atoms with Gasteiger partial charge in [0.2, 0.25) is 0 Å². The Balaban J connectivity index is 1.87. The molecule has 0 fully saturated rings. The molecule has 0 aliphatic rings. The first kappa shape index (κ1) is 13.9. The highest BCUT2D eigenvalue weighted by atomic mass is 35.5. The first-order valence-corrected chi connectivity index (χ1v) is 6.78. The van der Waals surface area contributed by atoms with Crippen LogP contribution in [0.5, 0.6) is 0 Å². The summed E-state index contributed by atoms with van der Waals surface area (Å²) in [5, 5.41) is 3.48. The number of rotatable bonds is 5. The predicted molar refractivity (Wildman–Crippen MR) is 79.3 cm³/mol. The summed E-state index contributed by atoms with van der Waals surface area (Å²) in [5.41, 5.74) is 2.18. The zero-order valence-corrected chi connectivity index (χ0v) is 11.6. The quantitative estimate of drug-likeness (QED) is 0.818. The molecule has 0 aliphatic carbocycles. The maximum absolute atomic E-state index is 13.0. The lowest BCUT2D eigenvalue weighted by Gasteiger charge is -2.15. The van der Waals surface area contributed by atoms with Gasteiger partial charge in [-0.15, -0.1) is 0 Å². The van der Waals surface area contributed by atoms with E-state index >= 15 is 0 Å². The molecule has 0 aromatic heterocycles. The van der Waals surface area contributed by atoms with E-state index in [1.165, 1.54) is 11.6 Å². The average Bonchev–Trinajstić information content (AvgIpc) is 2.42. The predicted octanol–water partition coefficient (Wildman–Crippen LogP) is 4.91. The first-order valence-electron chi connectivity index (χ1n) is 6.40. The molecule has 1 N–H and O–H groups in total. The average molecular weight is 278 g/mol. The SMILES string of the molecule is CC(CCc1ccccc1)Nc1ccc(F)c(Cl)c1. The lowest BCUT2D eigenvalue weighted by Crippen LogP contribution is -2.16. The van der Waals surface area contributed by atoms with Crippen LogP contribution < -0.4 is 5.32 Å². The summed E-state index contributed by atoms with van der Waals surface area (Å²) < 4.78 is 13.0. The zero-order chi connectivity index (χ0) is 13.7. The third-order valence-corrected chi connectivity index (χ3v) is 3.33. The Morgan fingerprint density at radius 2 is 1.89 bits per heavy atom. The smallest absolute Gasteiger partial charge is 0.141 e. The number of anilines is 1. The topological polar surface area (TPSA) is 12.0 Å². The third-order valence-electron chi connectivity index (χ3n) is 3.04. The molecule has 0 radical (unpaired) electrons. The summed E-state index contributed by atoms with van der Waals surface area (Å²) in [4.78, 5) is 0. The maximum Gasteiger partial charge on any atom is 0.141 e. The van der Waals surface area contributed by atoms with Crippen LogP contribution >= 0.6 is 11.6 Å². The third kappa shape index (κ3) is 4.25. The van der Waals surface area contributed by atoms with Crippen molar-refractivity contribution in [1.82, 2.24) is 0 Å². The molecule has 0 saturated carbocycles. The summed E-state index contributed by atoms with van der Waals surface area (Å²) in [6.07, 6.45) is 2.03. The normalized spacial score (nSPS) is 12.2. The van der Waals surface area contributed by atoms with E-state index in [4.69, 9.17) is 11.6 Å². The Kier molecular flexibility index (Phi) is 4.80. The van der Waals surface area contributed by atoms with Crippen LogP contribution in [0.25, 0.3) is 0 Å². The summed E-state index contributed by atoms with van der Waals surface area (Å²) in [5.74, 6) is -0.385. The summed E-state index contributed by atoms with van der Waals surface area (Å²) >= 11 is 5.76. The van der Waals surface area contributed by atoms with Crippen LogP contribution in [0.1, 0.15) is 18.9 Å². The maximum atomic E-state index is 13.0. The largest absolute Gasteiger partial charge is 0.383 e. The number of aryl methyl sites for hydroxylation is 1. The second-order valence-electron chi connectivity index (χ2n) is 4.70. The van der Waals surface area contributed by atoms with Crippen molar-refractivity contribution in [3.8, 4) is 0 Å². The van der Waals surface area contributed by atoms with E-state index in [9.17, 15) is 4.39 Å². The molecule has 3 heteroatoms. The molecule has 0 heterocycles. The molecule has 1 atom stereocenters. The molecule has 2 rings (SSSR count). The van der Waals surface area contributed by atoms with Crippen molar-refractivity contribution in [3.05, 3.63) is 64.9 Å². The van der Waals surface area contributed by atoms with Gasteiger partial charge in [-0.25, -0.2) is 4.39 Å². The van der Waals surface area contributed by atoms with Crippen LogP contribution in [-0.4, -0.2) is 6.04 Å². The molecule has 0 saturated heterocycles. The number of hydrogen-bond donors (Lipinski definition) is 1. The second-order valence-corrected chi connectivity index (χ2v) is 5.11. The molecule has 0 aliphatic heterocycles. The van der Waals surface area contributed by atoms with Gasteiger partial charge in [0, 0.05) is 11.7 Å². The van der Waals surface area contributed by atoms with Gasteiger partial charge in [-0.05, 0) is 43.5 Å². The number of hydrogen-bond acceptors (Lipinski definition) is 1. The standard InChI is InChI=1S/C16H17ClFN/c1-12(7-8-13-5-3-2-4-6-13)19-14-9-10-16(18)15(17)11-14/h2-6,9-12,19H,7-8H2,1H3. The minimum atomic E-state index is -0.385. The van der Waals surface area contributed by atoms with Gasteiger partial charge in [-0.3, -0.25) is 0 Å². The highest BCUT2D eigenvalue weighted by molar-refractivity contribution is 6.31. The first-order chi connectivity index (χ1) is 9.15. The van der Waals surface area contributed by atoms with Gasteiger partial charge < -0.3 is 5.32 Å². The molecule has 0 bridgehead atoms. The molecule has 19 heavy (non-hydrogen) atoms. The van der Waals surface area contributed by atoms with Crippen molar-refractivity contribution in [2.45, 2.75) is 25.8 Å². The molecule has 100 valence electrons. The van der Waals surface area contributed by atoms with Gasteiger partial charge in [0.05, 0.1) is 5.02 Å². The van der Waals surface area contributed by atoms with E-state index in [0.717, 1.165) is 18.5 Å². The molecule has 0 amide bonds. The minimum Gasteiger partial charge on any atom is -0.383 e. The van der Waals surface area contributed by atoms with Gasteiger partial charge in [-0.2, -0.15) is 0 Å². The van der Waals surface area contributed by atoms with Crippen LogP contribution in [0, 0.1) is 5.82 Å². The summed E-state index contributed by atoms with van der Waals surface area (Å²) in [7, 11) is 0. The number of benzene rings is 2. The van der Waals surface area contributed by atoms with E-state index in [2.05, 4.69) is 24.4 Å². The molecule has 0 spiro atoms. The second kappa shape index (κ2) is 6.58. The Morgan fingerprint density at radius 3 is 2.58 bits per heavy atom. The number of nitrogens with one attached hydrogen (secondary N) is 1. The van der Waals surface area contributed by atoms with Crippen LogP contribution in [0.2, 0.25) is 5.02 Å². The van der Waals surface area contributed by atoms with Crippen molar-refractivity contribution >= 4 is 17.3 Å². The van der Waals surface area contributed by atoms with Crippen LogP contribution in [-0.2, 0) is 6.42 Å². The van der Waals surface area contributed by atoms with Crippen LogP contribution in [0.3, 0.4) is 0 Å². The van der Waals surface area contributed by atoms with Crippen molar-refractivity contribution < 1.29 is 4.39 Å². The van der Waals surface area contributed by atoms with Crippen molar-refractivity contribution in [2.75, 3.05) is 5.32 Å². The lowest BCUT2D eigenvalue weighted by molar-refractivity contribution is 0.628. The number of halogens is 2. The highest BCUT2D eigenvalue weighted by Crippen LogP contribution is 2.20. The van der Waals surface area contributed by atoms with Crippen LogP contribution in [0.15, 0.2) is 48.5 Å². The molecule has 1 nitrogen and oxygen atoms in total. The molecular weight excluding hydrogens is 261 g/mol. The van der Waals surface area contributed by atoms with E-state index in [1.807, 2.05) is 18.2 Å². The monoisotopic (exact) mass is 277 g/mol. The summed E-state index contributed by atoms with van der Waals surface area (Å²) in [6, 6.07) is 15.4. The summed E-state index contributed by atoms with van der Waals surface area (Å²) in [6.45, 7) is 2.11. The van der Waals surface area contributed by atoms with Gasteiger partial charge >= 0.3 is 0 Å². The highest BCUT2D eigenvalue weighted by Gasteiger charge is 2.05. The van der Waals surface area contributed by atoms with Gasteiger partial charge in [0.1, 0.15) is 5.82 Å². The molecule has 1 unspecified atom stereocenters. The van der Waals surface area contributed by atoms with Crippen molar-refractivity contribution in [1.29, 1.82) is 0 Å². The van der Waals surface area contributed by atoms with E-state index in [0.29, 0.717) is 6.04 Å². The van der Waals surface area contributed by atoms with Gasteiger partial charge in [-0.1, -0.05) is 41.9 Å². The van der Waals surface area contributed by atoms with Gasteiger partial charge in [0.15, 0.2) is 0 Å². The minimum absolute atomic E-state index is 0.153. The Morgan fingerprint density at radius 1 is 1.16 bits per heavy atom. The van der Waals surface area contributed by atoms with Crippen molar-refractivity contribution in [3.63, 3.8) is 0 Å². The van der Waals surface area contributed by atoms with E-state index in [1.54, 1.807) is 12.1 Å². The Labute approximate surface area is 118 Å². The van der Waals surface area contributed by atoms with Crippen LogP contribution in [0.4, 0.5) is 10.1 Å². The van der Waals surface area contributed by atoms with Crippen molar-refractivity contribution in [2.24, 2.45) is 0 Å². The lowest BCUT2D eigenvalue weighted by atomic mass is 10.1. The fourth-order valence-corrected chi connectivity index (χ4v) is 2.15. The Bertz CT molecular complexity index is 528. The fourth-order valence-electron chi connectivity index (χ4n) is 1.97. The Hall–Kier alpha value is -1.54. The zero-order valence-electron chi connectivity index (χ0n) is 10.9. The molecule has 2 aromatic carbocycles. The van der Waals surface area contributed by atoms with Gasteiger partial charge in [0.25, 0.3) is 0 Å². The molecular formula is C16H17ClFN. The van der Waals surface area contributed by atoms with E-state index in [-0.39, 0.29) is 10.8 Å². The fraction of sp³-hybridized carbons (Fsp3) is 0.250. The molecule has 2 aromatic rings. The van der Waals surface area contributed by atoms with E-state index < -0.39 is 0 Å².